The van der Waals surface area contributed by atoms with Crippen molar-refractivity contribution >= 4 is 27.3 Å². The van der Waals surface area contributed by atoms with Gasteiger partial charge in [-0.15, -0.1) is 11.3 Å². The van der Waals surface area contributed by atoms with Crippen molar-refractivity contribution in [2.45, 2.75) is 19.5 Å². The maximum atomic E-state index is 5.42. The zero-order chi connectivity index (χ0) is 13.2. The molecule has 7 heteroatoms. The number of rotatable bonds is 3. The summed E-state index contributed by atoms with van der Waals surface area (Å²) in [4.78, 5) is 7.76. The van der Waals surface area contributed by atoms with E-state index >= 15 is 0 Å². The van der Waals surface area contributed by atoms with Crippen LogP contribution in [0.1, 0.15) is 12.8 Å². The fourth-order valence-electron chi connectivity index (χ4n) is 2.02. The molecule has 1 fully saturated rings. The minimum atomic E-state index is 0.389. The highest BCUT2D eigenvalue weighted by atomic mass is 79.9. The van der Waals surface area contributed by atoms with Gasteiger partial charge in [0.05, 0.1) is 28.4 Å². The molecule has 0 bridgehead atoms. The molecule has 0 N–H and O–H groups in total. The molecule has 1 atom stereocenters. The van der Waals surface area contributed by atoms with Crippen LogP contribution in [-0.4, -0.2) is 40.8 Å². The number of hydrogen-bond acceptors (Lipinski definition) is 6. The lowest BCUT2D eigenvalue weighted by atomic mass is 10.2. The van der Waals surface area contributed by atoms with Crippen LogP contribution in [0.25, 0.3) is 10.7 Å². The summed E-state index contributed by atoms with van der Waals surface area (Å²) in [5.74, 6) is 1.32. The zero-order valence-electron chi connectivity index (χ0n) is 10.5. The summed E-state index contributed by atoms with van der Waals surface area (Å²) in [6, 6.07) is 4.36. The third-order valence-corrected chi connectivity index (χ3v) is 4.72. The second-order valence-corrected chi connectivity index (χ2v) is 6.97. The van der Waals surface area contributed by atoms with Crippen molar-refractivity contribution in [3.05, 3.63) is 21.8 Å². The van der Waals surface area contributed by atoms with Crippen molar-refractivity contribution in [2.75, 3.05) is 19.8 Å². The normalized spacial score (nSPS) is 20.8. The van der Waals surface area contributed by atoms with Crippen molar-refractivity contribution < 1.29 is 9.26 Å². The van der Waals surface area contributed by atoms with Gasteiger partial charge in [-0.3, -0.25) is 4.90 Å². The average Bonchev–Trinajstić information content (AvgIpc) is 3.01. The van der Waals surface area contributed by atoms with Crippen LogP contribution in [-0.2, 0) is 11.3 Å². The van der Waals surface area contributed by atoms with Gasteiger partial charge in [-0.05, 0) is 35.0 Å². The van der Waals surface area contributed by atoms with E-state index < -0.39 is 0 Å². The van der Waals surface area contributed by atoms with Gasteiger partial charge < -0.3 is 9.26 Å². The second-order valence-electron chi connectivity index (χ2n) is 4.51. The Bertz CT molecular complexity index is 557. The Balaban J connectivity index is 1.71. The van der Waals surface area contributed by atoms with Crippen LogP contribution in [0.2, 0.25) is 0 Å². The van der Waals surface area contributed by atoms with E-state index in [1.54, 1.807) is 11.3 Å². The van der Waals surface area contributed by atoms with E-state index in [1.165, 1.54) is 0 Å². The second kappa shape index (κ2) is 5.70. The maximum absolute atomic E-state index is 5.42. The fourth-order valence-corrected chi connectivity index (χ4v) is 3.34. The number of nitrogens with zero attached hydrogens (tertiary/aromatic N) is 3. The predicted molar refractivity (Wildman–Crippen MR) is 76.0 cm³/mol. The van der Waals surface area contributed by atoms with Crippen LogP contribution in [0.4, 0.5) is 0 Å². The van der Waals surface area contributed by atoms with Gasteiger partial charge in [-0.25, -0.2) is 0 Å². The molecule has 0 aliphatic carbocycles. The Morgan fingerprint density at radius 2 is 2.42 bits per heavy atom. The summed E-state index contributed by atoms with van der Waals surface area (Å²) in [5.41, 5.74) is 0. The van der Waals surface area contributed by atoms with E-state index in [4.69, 9.17) is 9.26 Å². The molecule has 3 heterocycles. The number of thiophene rings is 1. The zero-order valence-corrected chi connectivity index (χ0v) is 12.9. The minimum absolute atomic E-state index is 0.389. The summed E-state index contributed by atoms with van der Waals surface area (Å²) >= 11 is 5.03. The smallest absolute Gasteiger partial charge is 0.241 e. The van der Waals surface area contributed by atoms with Gasteiger partial charge in [-0.1, -0.05) is 5.16 Å². The van der Waals surface area contributed by atoms with E-state index in [0.29, 0.717) is 24.3 Å². The largest absolute Gasteiger partial charge is 0.379 e. The monoisotopic (exact) mass is 343 g/mol. The topological polar surface area (TPSA) is 51.4 Å². The van der Waals surface area contributed by atoms with Gasteiger partial charge in [-0.2, -0.15) is 4.98 Å². The standard InChI is InChI=1S/C12H14BrN3O2S/c1-8-7-17-5-4-16(8)6-11-14-12(15-18-11)9-2-3-10(13)19-9/h2-3,8H,4-7H2,1H3/t8-/m0/s1. The number of morpholine rings is 1. The molecule has 2 aromatic heterocycles. The van der Waals surface area contributed by atoms with Gasteiger partial charge in [0.15, 0.2) is 0 Å². The van der Waals surface area contributed by atoms with Gasteiger partial charge >= 0.3 is 0 Å². The molecule has 0 radical (unpaired) electrons. The lowest BCUT2D eigenvalue weighted by Gasteiger charge is -2.31. The van der Waals surface area contributed by atoms with Gasteiger partial charge in [0.1, 0.15) is 0 Å². The Morgan fingerprint density at radius 3 is 3.16 bits per heavy atom. The lowest BCUT2D eigenvalue weighted by molar-refractivity contribution is -0.00852. The molecule has 0 saturated carbocycles. The number of hydrogen-bond donors (Lipinski definition) is 0. The van der Waals surface area contributed by atoms with Crippen molar-refractivity contribution in [2.24, 2.45) is 0 Å². The Morgan fingerprint density at radius 1 is 1.53 bits per heavy atom. The van der Waals surface area contributed by atoms with Crippen LogP contribution < -0.4 is 0 Å². The lowest BCUT2D eigenvalue weighted by Crippen LogP contribution is -2.42. The van der Waals surface area contributed by atoms with E-state index in [0.717, 1.165) is 28.4 Å². The molecule has 0 aromatic carbocycles. The molecule has 1 aliphatic rings. The van der Waals surface area contributed by atoms with Crippen LogP contribution >= 0.6 is 27.3 Å². The van der Waals surface area contributed by atoms with E-state index in [2.05, 4.69) is 37.9 Å². The minimum Gasteiger partial charge on any atom is -0.379 e. The Hall–Kier alpha value is -0.760. The highest BCUT2D eigenvalue weighted by Gasteiger charge is 2.21. The van der Waals surface area contributed by atoms with E-state index in [-0.39, 0.29) is 0 Å². The van der Waals surface area contributed by atoms with Crippen molar-refractivity contribution in [3.8, 4) is 10.7 Å². The first-order valence-electron chi connectivity index (χ1n) is 6.12. The molecular weight excluding hydrogens is 330 g/mol. The molecule has 102 valence electrons. The molecule has 3 rings (SSSR count). The molecule has 0 amide bonds. The molecule has 0 unspecified atom stereocenters. The van der Waals surface area contributed by atoms with Crippen LogP contribution in [0.5, 0.6) is 0 Å². The van der Waals surface area contributed by atoms with Crippen molar-refractivity contribution in [1.29, 1.82) is 0 Å². The highest BCUT2D eigenvalue weighted by molar-refractivity contribution is 9.11. The Labute approximate surface area is 123 Å². The maximum Gasteiger partial charge on any atom is 0.241 e. The Kier molecular flexibility index (Phi) is 3.97. The predicted octanol–water partition coefficient (Wildman–Crippen LogP) is 2.78. The van der Waals surface area contributed by atoms with Gasteiger partial charge in [0.25, 0.3) is 0 Å². The number of ether oxygens (including phenoxy) is 1. The van der Waals surface area contributed by atoms with Gasteiger partial charge in [0, 0.05) is 12.6 Å². The quantitative estimate of drug-likeness (QED) is 0.857. The average molecular weight is 344 g/mol. The fraction of sp³-hybridized carbons (Fsp3) is 0.500. The van der Waals surface area contributed by atoms with Crippen LogP contribution in [0.3, 0.4) is 0 Å². The molecule has 1 saturated heterocycles. The summed E-state index contributed by atoms with van der Waals surface area (Å²) in [7, 11) is 0. The highest BCUT2D eigenvalue weighted by Crippen LogP contribution is 2.29. The summed E-state index contributed by atoms with van der Waals surface area (Å²) in [6.07, 6.45) is 0. The molecule has 2 aromatic rings. The number of aromatic nitrogens is 2. The molecule has 0 spiro atoms. The molecule has 5 nitrogen and oxygen atoms in total. The third kappa shape index (κ3) is 3.05. The van der Waals surface area contributed by atoms with Crippen molar-refractivity contribution in [3.63, 3.8) is 0 Å². The SMILES string of the molecule is C[C@H]1COCCN1Cc1nc(-c2ccc(Br)s2)no1. The summed E-state index contributed by atoms with van der Waals surface area (Å²) in [5, 5.41) is 4.04. The third-order valence-electron chi connectivity index (χ3n) is 3.11. The van der Waals surface area contributed by atoms with E-state index in [9.17, 15) is 0 Å². The number of halogens is 1. The summed E-state index contributed by atoms with van der Waals surface area (Å²) in [6.45, 7) is 5.27. The van der Waals surface area contributed by atoms with Gasteiger partial charge in [0.2, 0.25) is 11.7 Å². The summed E-state index contributed by atoms with van der Waals surface area (Å²) < 4.78 is 11.8. The molecule has 1 aliphatic heterocycles. The first-order valence-corrected chi connectivity index (χ1v) is 7.73. The van der Waals surface area contributed by atoms with E-state index in [1.807, 2.05) is 12.1 Å². The first kappa shape index (κ1) is 13.2. The first-order chi connectivity index (χ1) is 9.22. The molecular formula is C12H14BrN3O2S. The van der Waals surface area contributed by atoms with Crippen molar-refractivity contribution in [1.82, 2.24) is 15.0 Å². The van der Waals surface area contributed by atoms with Crippen LogP contribution in [0.15, 0.2) is 20.4 Å². The molecule has 19 heavy (non-hydrogen) atoms. The van der Waals surface area contributed by atoms with Crippen LogP contribution in [0, 0.1) is 0 Å².